The molecule has 0 aliphatic heterocycles. The Kier molecular flexibility index (Phi) is 6.10. The van der Waals surface area contributed by atoms with E-state index < -0.39 is 5.97 Å². The monoisotopic (exact) mass is 274 g/mol. The maximum Gasteiger partial charge on any atom is 0.346 e. The van der Waals surface area contributed by atoms with Gasteiger partial charge in [-0.3, -0.25) is 0 Å². The normalized spacial score (nSPS) is 9.32. The number of ether oxygens (including phenoxy) is 1. The Labute approximate surface area is 121 Å². The fourth-order valence-corrected chi connectivity index (χ4v) is 1.54. The third kappa shape index (κ3) is 4.76. The van der Waals surface area contributed by atoms with Crippen molar-refractivity contribution in [3.05, 3.63) is 60.2 Å². The van der Waals surface area contributed by atoms with Crippen molar-refractivity contribution in [2.24, 2.45) is 0 Å². The molecule has 2 rings (SSSR count). The van der Waals surface area contributed by atoms with E-state index in [1.807, 2.05) is 30.3 Å². The zero-order chi connectivity index (χ0) is 12.8. The minimum atomic E-state index is -0.702. The molecule has 0 atom stereocenters. The van der Waals surface area contributed by atoms with Gasteiger partial charge in [0, 0.05) is 0 Å². The van der Waals surface area contributed by atoms with Gasteiger partial charge in [-0.1, -0.05) is 30.3 Å². The van der Waals surface area contributed by atoms with Crippen LogP contribution in [0, 0.1) is 0 Å². The Morgan fingerprint density at radius 1 is 1.00 bits per heavy atom. The number of carbonyl (C=O) groups is 1. The number of benzene rings is 2. The van der Waals surface area contributed by atoms with Gasteiger partial charge in [0.1, 0.15) is 11.5 Å². The lowest BCUT2D eigenvalue weighted by Gasteiger charge is -2.06. The second-order valence-electron chi connectivity index (χ2n) is 3.70. The highest BCUT2D eigenvalue weighted by Crippen LogP contribution is 2.21. The highest BCUT2D eigenvalue weighted by Gasteiger charge is 2.05. The molecule has 0 saturated carbocycles. The van der Waals surface area contributed by atoms with Crippen molar-refractivity contribution in [1.29, 1.82) is 0 Å². The summed E-state index contributed by atoms with van der Waals surface area (Å²) in [6, 6.07) is 16.4. The fraction of sp³-hybridized carbons (Fsp3) is 0.0714. The smallest absolute Gasteiger partial charge is 0.346 e. The summed E-state index contributed by atoms with van der Waals surface area (Å²) in [6.45, 7) is 0. The molecule has 5 heteroatoms. The molecule has 98 valence electrons. The molecule has 4 nitrogen and oxygen atoms in total. The van der Waals surface area contributed by atoms with Crippen LogP contribution in [-0.4, -0.2) is 28.6 Å². The van der Waals surface area contributed by atoms with Crippen LogP contribution in [0.5, 0.6) is 11.5 Å². The van der Waals surface area contributed by atoms with E-state index in [0.29, 0.717) is 11.3 Å². The first-order valence-corrected chi connectivity index (χ1v) is 5.44. The minimum Gasteiger partial charge on any atom is -0.457 e. The van der Waals surface area contributed by atoms with Crippen molar-refractivity contribution < 1.29 is 19.7 Å². The van der Waals surface area contributed by atoms with Crippen LogP contribution in [-0.2, 0) is 16.1 Å². The van der Waals surface area contributed by atoms with Crippen molar-refractivity contribution >= 4 is 23.3 Å². The van der Waals surface area contributed by atoms with Crippen molar-refractivity contribution in [1.82, 2.24) is 0 Å². The van der Waals surface area contributed by atoms with E-state index in [4.69, 9.17) is 9.99 Å². The molecule has 0 saturated heterocycles. The summed E-state index contributed by atoms with van der Waals surface area (Å²) in [6.07, 6.45) is 0.00247. The molecule has 2 aromatic carbocycles. The molecule has 0 heterocycles. The van der Waals surface area contributed by atoms with Crippen LogP contribution in [0.25, 0.3) is 0 Å². The lowest BCUT2D eigenvalue weighted by molar-refractivity contribution is -0.233. The van der Waals surface area contributed by atoms with Crippen molar-refractivity contribution in [3.8, 4) is 11.5 Å². The van der Waals surface area contributed by atoms with Gasteiger partial charge in [-0.15, -0.1) is 0 Å². The molecule has 0 aliphatic rings. The van der Waals surface area contributed by atoms with Gasteiger partial charge in [-0.25, -0.2) is 4.79 Å². The van der Waals surface area contributed by atoms with Crippen LogP contribution in [0.3, 0.4) is 0 Å². The minimum absolute atomic E-state index is 0. The van der Waals surface area contributed by atoms with E-state index in [0.717, 1.165) is 5.75 Å². The summed E-state index contributed by atoms with van der Waals surface area (Å²) < 4.78 is 5.62. The van der Waals surface area contributed by atoms with Crippen LogP contribution in [0.1, 0.15) is 5.56 Å². The molecule has 0 aromatic heterocycles. The van der Waals surface area contributed by atoms with E-state index >= 15 is 0 Å². The third-order valence-electron chi connectivity index (χ3n) is 2.33. The van der Waals surface area contributed by atoms with Gasteiger partial charge in [0.25, 0.3) is 0 Å². The molecule has 0 radical (unpaired) electrons. The first-order chi connectivity index (χ1) is 8.78. The van der Waals surface area contributed by atoms with Crippen molar-refractivity contribution in [3.63, 3.8) is 0 Å². The van der Waals surface area contributed by atoms with Crippen LogP contribution in [0.2, 0.25) is 0 Å². The van der Waals surface area contributed by atoms with E-state index in [9.17, 15) is 4.79 Å². The van der Waals surface area contributed by atoms with Gasteiger partial charge < -0.3 is 9.62 Å². The Morgan fingerprint density at radius 2 is 1.68 bits per heavy atom. The van der Waals surface area contributed by atoms with E-state index in [-0.39, 0.29) is 23.8 Å². The van der Waals surface area contributed by atoms with Crippen molar-refractivity contribution in [2.45, 2.75) is 6.42 Å². The number of hydrogen-bond acceptors (Lipinski definition) is 4. The molecule has 1 N–H and O–H groups in total. The second kappa shape index (κ2) is 7.60. The van der Waals surface area contributed by atoms with Gasteiger partial charge in [0.05, 0.1) is 6.42 Å². The fourth-order valence-electron chi connectivity index (χ4n) is 1.54. The van der Waals surface area contributed by atoms with Crippen LogP contribution >= 0.6 is 0 Å². The van der Waals surface area contributed by atoms with Gasteiger partial charge in [-0.2, -0.15) is 5.26 Å². The highest BCUT2D eigenvalue weighted by atomic mass is 27.0. The first kappa shape index (κ1) is 15.3. The average Bonchev–Trinajstić information content (AvgIpc) is 2.40. The van der Waals surface area contributed by atoms with Gasteiger partial charge in [-0.05, 0) is 29.8 Å². The molecule has 0 spiro atoms. The standard InChI is InChI=1S/C14H12O4.Al.3H/c15-14(18-16)10-11-5-4-8-13(9-11)17-12-6-2-1-3-7-12;;;;/h1-9,16H,10H2;;;;. The molecule has 0 unspecified atom stereocenters. The predicted molar refractivity (Wildman–Crippen MR) is 75.3 cm³/mol. The number of rotatable bonds is 4. The quantitative estimate of drug-likeness (QED) is 0.525. The van der Waals surface area contributed by atoms with Crippen LogP contribution in [0.15, 0.2) is 54.6 Å². The topological polar surface area (TPSA) is 55.8 Å². The third-order valence-corrected chi connectivity index (χ3v) is 2.33. The second-order valence-corrected chi connectivity index (χ2v) is 3.70. The van der Waals surface area contributed by atoms with Crippen LogP contribution < -0.4 is 4.74 Å². The van der Waals surface area contributed by atoms with Crippen molar-refractivity contribution in [2.75, 3.05) is 0 Å². The average molecular weight is 274 g/mol. The Balaban J connectivity index is 0.00000180. The summed E-state index contributed by atoms with van der Waals surface area (Å²) in [5.41, 5.74) is 0.711. The predicted octanol–water partition coefficient (Wildman–Crippen LogP) is 1.85. The molecule has 0 fully saturated rings. The van der Waals surface area contributed by atoms with Gasteiger partial charge >= 0.3 is 5.97 Å². The lowest BCUT2D eigenvalue weighted by atomic mass is 10.1. The molecule has 19 heavy (non-hydrogen) atoms. The Bertz CT molecular complexity index is 528. The lowest BCUT2D eigenvalue weighted by Crippen LogP contribution is -2.04. The molecular weight excluding hydrogens is 259 g/mol. The number of carbonyl (C=O) groups excluding carboxylic acids is 1. The summed E-state index contributed by atoms with van der Waals surface area (Å²) in [7, 11) is 0. The van der Waals surface area contributed by atoms with E-state index in [1.54, 1.807) is 24.3 Å². The molecular formula is C14H15AlO4. The maximum absolute atomic E-state index is 10.9. The van der Waals surface area contributed by atoms with Gasteiger partial charge in [0.15, 0.2) is 17.4 Å². The molecule has 0 bridgehead atoms. The summed E-state index contributed by atoms with van der Waals surface area (Å²) in [5.74, 6) is 0.649. The van der Waals surface area contributed by atoms with Crippen LogP contribution in [0.4, 0.5) is 0 Å². The highest BCUT2D eigenvalue weighted by molar-refractivity contribution is 5.75. The Morgan fingerprint density at radius 3 is 2.37 bits per heavy atom. The summed E-state index contributed by atoms with van der Waals surface area (Å²) in [4.78, 5) is 14.6. The van der Waals surface area contributed by atoms with E-state index in [2.05, 4.69) is 4.89 Å². The number of para-hydroxylation sites is 1. The zero-order valence-electron chi connectivity index (χ0n) is 9.58. The summed E-state index contributed by atoms with van der Waals surface area (Å²) in [5, 5.41) is 8.22. The Hall–Kier alpha value is -1.80. The SMILES string of the molecule is O=C(Cc1cccc(Oc2ccccc2)c1)OO.[AlH3]. The zero-order valence-corrected chi connectivity index (χ0v) is 9.58. The maximum atomic E-state index is 10.9. The summed E-state index contributed by atoms with van der Waals surface area (Å²) >= 11 is 0. The van der Waals surface area contributed by atoms with E-state index in [1.165, 1.54) is 0 Å². The molecule has 2 aromatic rings. The molecule has 0 aliphatic carbocycles. The first-order valence-electron chi connectivity index (χ1n) is 5.44. The largest absolute Gasteiger partial charge is 0.457 e. The van der Waals surface area contributed by atoms with Gasteiger partial charge in [0.2, 0.25) is 0 Å². The number of hydrogen-bond donors (Lipinski definition) is 1. The molecule has 0 amide bonds.